The van der Waals surface area contributed by atoms with Crippen LogP contribution in [0.1, 0.15) is 30.3 Å². The van der Waals surface area contributed by atoms with Gasteiger partial charge in [-0.3, -0.25) is 4.79 Å². The molecule has 1 aliphatic carbocycles. The first-order chi connectivity index (χ1) is 8.16. The highest BCUT2D eigenvalue weighted by atomic mass is 16.4. The van der Waals surface area contributed by atoms with Crippen LogP contribution < -0.4 is 0 Å². The van der Waals surface area contributed by atoms with Gasteiger partial charge in [0.1, 0.15) is 12.2 Å². The quantitative estimate of drug-likeness (QED) is 0.880. The van der Waals surface area contributed by atoms with E-state index in [0.717, 1.165) is 23.9 Å². The summed E-state index contributed by atoms with van der Waals surface area (Å²) in [4.78, 5) is 15.3. The van der Waals surface area contributed by atoms with Crippen LogP contribution in [-0.4, -0.2) is 20.6 Å². The van der Waals surface area contributed by atoms with Crippen molar-refractivity contribution in [3.05, 3.63) is 29.6 Å². The summed E-state index contributed by atoms with van der Waals surface area (Å²) in [7, 11) is 0. The molecule has 0 radical (unpaired) electrons. The number of para-hydroxylation sites is 1. The minimum absolute atomic E-state index is 0.00458. The van der Waals surface area contributed by atoms with Gasteiger partial charge in [-0.05, 0) is 31.4 Å². The van der Waals surface area contributed by atoms with Gasteiger partial charge in [-0.15, -0.1) is 0 Å². The highest BCUT2D eigenvalue weighted by Crippen LogP contribution is 2.39. The predicted molar refractivity (Wildman–Crippen MR) is 64.1 cm³/mol. The second-order valence-electron chi connectivity index (χ2n) is 4.64. The van der Waals surface area contributed by atoms with Crippen LogP contribution in [-0.2, 0) is 11.2 Å². The minimum Gasteiger partial charge on any atom is -0.481 e. The fourth-order valence-corrected chi connectivity index (χ4v) is 2.36. The first-order valence-electron chi connectivity index (χ1n) is 5.85. The van der Waals surface area contributed by atoms with Gasteiger partial charge in [0.2, 0.25) is 0 Å². The van der Waals surface area contributed by atoms with Gasteiger partial charge in [0.25, 0.3) is 0 Å². The SMILES string of the molecule is Cc1cccc2nc(CC(=O)O)n(C3CC3)c12. The van der Waals surface area contributed by atoms with Crippen molar-refractivity contribution < 1.29 is 9.90 Å². The monoisotopic (exact) mass is 230 g/mol. The Morgan fingerprint density at radius 2 is 2.29 bits per heavy atom. The van der Waals surface area contributed by atoms with E-state index in [9.17, 15) is 4.79 Å². The molecule has 0 bridgehead atoms. The molecule has 1 N–H and O–H groups in total. The lowest BCUT2D eigenvalue weighted by Gasteiger charge is -2.07. The maximum atomic E-state index is 10.9. The second-order valence-corrected chi connectivity index (χ2v) is 4.64. The summed E-state index contributed by atoms with van der Waals surface area (Å²) < 4.78 is 2.12. The van der Waals surface area contributed by atoms with E-state index in [-0.39, 0.29) is 6.42 Å². The summed E-state index contributed by atoms with van der Waals surface area (Å²) in [6, 6.07) is 6.42. The Kier molecular flexibility index (Phi) is 2.18. The number of fused-ring (bicyclic) bond motifs is 1. The minimum atomic E-state index is -0.820. The number of hydrogen-bond acceptors (Lipinski definition) is 2. The van der Waals surface area contributed by atoms with Gasteiger partial charge in [-0.2, -0.15) is 0 Å². The Morgan fingerprint density at radius 1 is 1.53 bits per heavy atom. The number of nitrogens with zero attached hydrogens (tertiary/aromatic N) is 2. The number of aryl methyl sites for hydroxylation is 1. The largest absolute Gasteiger partial charge is 0.481 e. The van der Waals surface area contributed by atoms with Crippen LogP contribution in [0.25, 0.3) is 11.0 Å². The summed E-state index contributed by atoms with van der Waals surface area (Å²) in [6.45, 7) is 2.05. The fraction of sp³-hybridized carbons (Fsp3) is 0.385. The van der Waals surface area contributed by atoms with Gasteiger partial charge >= 0.3 is 5.97 Å². The molecule has 88 valence electrons. The number of carboxylic acid groups (broad SMARTS) is 1. The first kappa shape index (κ1) is 10.3. The van der Waals surface area contributed by atoms with Crippen LogP contribution in [0.2, 0.25) is 0 Å². The highest BCUT2D eigenvalue weighted by molar-refractivity contribution is 5.81. The normalized spacial score (nSPS) is 15.4. The number of carbonyl (C=O) groups is 1. The second kappa shape index (κ2) is 3.58. The maximum Gasteiger partial charge on any atom is 0.311 e. The lowest BCUT2D eigenvalue weighted by Crippen LogP contribution is -2.08. The van der Waals surface area contributed by atoms with E-state index in [0.29, 0.717) is 11.9 Å². The van der Waals surface area contributed by atoms with Gasteiger partial charge in [0, 0.05) is 6.04 Å². The molecule has 0 saturated heterocycles. The van der Waals surface area contributed by atoms with Crippen molar-refractivity contribution in [1.29, 1.82) is 0 Å². The number of benzene rings is 1. The molecule has 1 aromatic heterocycles. The molecule has 0 atom stereocenters. The predicted octanol–water partition coefficient (Wildman–Crippen LogP) is 2.31. The average Bonchev–Trinajstić information content (AvgIpc) is 3.01. The Morgan fingerprint density at radius 3 is 2.94 bits per heavy atom. The molecule has 0 unspecified atom stereocenters. The summed E-state index contributed by atoms with van der Waals surface area (Å²) in [6.07, 6.45) is 2.27. The van der Waals surface area contributed by atoms with Crippen LogP contribution in [0.3, 0.4) is 0 Å². The van der Waals surface area contributed by atoms with Crippen LogP contribution in [0.5, 0.6) is 0 Å². The summed E-state index contributed by atoms with van der Waals surface area (Å²) in [5.74, 6) is -0.135. The van der Waals surface area contributed by atoms with Gasteiger partial charge < -0.3 is 9.67 Å². The molecule has 0 aliphatic heterocycles. The average molecular weight is 230 g/mol. The van der Waals surface area contributed by atoms with Gasteiger partial charge in [-0.25, -0.2) is 4.98 Å². The summed E-state index contributed by atoms with van der Waals surface area (Å²) in [5, 5.41) is 8.93. The van der Waals surface area contributed by atoms with E-state index in [1.54, 1.807) is 0 Å². The highest BCUT2D eigenvalue weighted by Gasteiger charge is 2.29. The molecule has 1 aliphatic rings. The zero-order chi connectivity index (χ0) is 12.0. The number of imidazole rings is 1. The molecular formula is C13H14N2O2. The zero-order valence-electron chi connectivity index (χ0n) is 9.68. The number of rotatable bonds is 3. The van der Waals surface area contributed by atoms with Gasteiger partial charge in [0.05, 0.1) is 11.0 Å². The standard InChI is InChI=1S/C13H14N2O2/c1-8-3-2-4-10-13(8)15(9-5-6-9)11(14-10)7-12(16)17/h2-4,9H,5-7H2,1H3,(H,16,17). The number of hydrogen-bond donors (Lipinski definition) is 1. The molecule has 3 rings (SSSR count). The Labute approximate surface area is 98.9 Å². The third kappa shape index (κ3) is 1.69. The summed E-state index contributed by atoms with van der Waals surface area (Å²) >= 11 is 0. The maximum absolute atomic E-state index is 10.9. The number of aliphatic carboxylic acids is 1. The van der Waals surface area contributed by atoms with Crippen LogP contribution in [0, 0.1) is 6.92 Å². The van der Waals surface area contributed by atoms with Crippen LogP contribution in [0.15, 0.2) is 18.2 Å². The molecule has 1 aromatic carbocycles. The molecule has 1 fully saturated rings. The van der Waals surface area contributed by atoms with Crippen LogP contribution >= 0.6 is 0 Å². The third-order valence-electron chi connectivity index (χ3n) is 3.21. The number of aromatic nitrogens is 2. The fourth-order valence-electron chi connectivity index (χ4n) is 2.36. The number of carboxylic acids is 1. The smallest absolute Gasteiger partial charge is 0.311 e. The van der Waals surface area contributed by atoms with Crippen molar-refractivity contribution in [2.24, 2.45) is 0 Å². The van der Waals surface area contributed by atoms with Crippen molar-refractivity contribution in [3.63, 3.8) is 0 Å². The van der Waals surface area contributed by atoms with E-state index < -0.39 is 5.97 Å². The molecule has 4 heteroatoms. The third-order valence-corrected chi connectivity index (χ3v) is 3.21. The van der Waals surface area contributed by atoms with E-state index in [4.69, 9.17) is 5.11 Å². The molecule has 17 heavy (non-hydrogen) atoms. The topological polar surface area (TPSA) is 55.1 Å². The Balaban J connectivity index is 2.24. The molecule has 0 spiro atoms. The molecular weight excluding hydrogens is 216 g/mol. The summed E-state index contributed by atoms with van der Waals surface area (Å²) in [5.41, 5.74) is 3.18. The molecule has 2 aromatic rings. The van der Waals surface area contributed by atoms with E-state index in [1.807, 2.05) is 25.1 Å². The lowest BCUT2D eigenvalue weighted by atomic mass is 10.2. The lowest BCUT2D eigenvalue weighted by molar-refractivity contribution is -0.136. The van der Waals surface area contributed by atoms with Crippen molar-refractivity contribution in [2.75, 3.05) is 0 Å². The van der Waals surface area contributed by atoms with Gasteiger partial charge in [-0.1, -0.05) is 12.1 Å². The van der Waals surface area contributed by atoms with E-state index in [1.165, 1.54) is 5.56 Å². The zero-order valence-corrected chi connectivity index (χ0v) is 9.68. The molecule has 1 heterocycles. The van der Waals surface area contributed by atoms with Crippen molar-refractivity contribution in [3.8, 4) is 0 Å². The molecule has 1 saturated carbocycles. The Hall–Kier alpha value is -1.84. The van der Waals surface area contributed by atoms with Crippen molar-refractivity contribution in [1.82, 2.24) is 9.55 Å². The van der Waals surface area contributed by atoms with E-state index >= 15 is 0 Å². The Bertz CT molecular complexity index is 597. The molecule has 0 amide bonds. The van der Waals surface area contributed by atoms with E-state index in [2.05, 4.69) is 9.55 Å². The first-order valence-corrected chi connectivity index (χ1v) is 5.85. The van der Waals surface area contributed by atoms with Crippen LogP contribution in [0.4, 0.5) is 0 Å². The van der Waals surface area contributed by atoms with Crippen molar-refractivity contribution in [2.45, 2.75) is 32.2 Å². The van der Waals surface area contributed by atoms with Gasteiger partial charge in [0.15, 0.2) is 0 Å². The van der Waals surface area contributed by atoms with Crippen molar-refractivity contribution >= 4 is 17.0 Å². The molecule has 4 nitrogen and oxygen atoms in total.